The number of ether oxygens (including phenoxy) is 2. The molecule has 0 bridgehead atoms. The van der Waals surface area contributed by atoms with Gasteiger partial charge in [0.1, 0.15) is 6.61 Å². The van der Waals surface area contributed by atoms with E-state index >= 15 is 0 Å². The van der Waals surface area contributed by atoms with Gasteiger partial charge in [-0.2, -0.15) is 0 Å². The van der Waals surface area contributed by atoms with Crippen molar-refractivity contribution in [3.8, 4) is 0 Å². The molecular weight excluding hydrogens is 274 g/mol. The summed E-state index contributed by atoms with van der Waals surface area (Å²) < 4.78 is 10.2. The van der Waals surface area contributed by atoms with E-state index < -0.39 is 18.1 Å². The molecule has 0 aliphatic carbocycles. The summed E-state index contributed by atoms with van der Waals surface area (Å²) in [4.78, 5) is 22.6. The monoisotopic (exact) mass is 295 g/mol. The van der Waals surface area contributed by atoms with Gasteiger partial charge in [-0.05, 0) is 11.5 Å². The molecule has 0 aromatic heterocycles. The van der Waals surface area contributed by atoms with Crippen molar-refractivity contribution in [2.24, 2.45) is 5.92 Å². The Morgan fingerprint density at radius 3 is 2.43 bits per heavy atom. The maximum Gasteiger partial charge on any atom is 0.408 e. The number of carbonyl (C=O) groups is 2. The van der Waals surface area contributed by atoms with Gasteiger partial charge in [0.2, 0.25) is 0 Å². The molecule has 116 valence electrons. The highest BCUT2D eigenvalue weighted by Crippen LogP contribution is 2.01. The molecular formula is C15H21NO5. The van der Waals surface area contributed by atoms with Crippen LogP contribution in [0.2, 0.25) is 0 Å². The number of amides is 1. The normalized spacial score (nSPS) is 12.0. The lowest BCUT2D eigenvalue weighted by Gasteiger charge is -2.15. The van der Waals surface area contributed by atoms with Gasteiger partial charge in [-0.1, -0.05) is 44.2 Å². The molecule has 6 heteroatoms. The molecule has 1 atom stereocenters. The van der Waals surface area contributed by atoms with Crippen LogP contribution in [0.5, 0.6) is 0 Å². The molecule has 1 aromatic carbocycles. The zero-order chi connectivity index (χ0) is 15.7. The minimum Gasteiger partial charge on any atom is -0.480 e. The molecule has 2 N–H and O–H groups in total. The lowest BCUT2D eigenvalue weighted by Crippen LogP contribution is -2.44. The molecule has 0 saturated carbocycles. The molecule has 1 rings (SSSR count). The van der Waals surface area contributed by atoms with E-state index in [9.17, 15) is 9.59 Å². The number of aliphatic carboxylic acids is 1. The quantitative estimate of drug-likeness (QED) is 0.766. The number of hydrogen-bond donors (Lipinski definition) is 2. The van der Waals surface area contributed by atoms with Crippen LogP contribution in [-0.4, -0.2) is 36.4 Å². The number of hydrogen-bond acceptors (Lipinski definition) is 4. The SMILES string of the molecule is CC(C)COCC(NC(=O)OCc1ccccc1)C(=O)O. The largest absolute Gasteiger partial charge is 0.480 e. The Kier molecular flexibility index (Phi) is 7.25. The van der Waals surface area contributed by atoms with Crippen molar-refractivity contribution < 1.29 is 24.2 Å². The summed E-state index contributed by atoms with van der Waals surface area (Å²) in [6, 6.07) is 8.02. The second-order valence-corrected chi connectivity index (χ2v) is 5.03. The van der Waals surface area contributed by atoms with Crippen molar-refractivity contribution in [2.75, 3.05) is 13.2 Å². The number of benzene rings is 1. The van der Waals surface area contributed by atoms with Crippen LogP contribution in [0.4, 0.5) is 4.79 Å². The molecule has 6 nitrogen and oxygen atoms in total. The van der Waals surface area contributed by atoms with Crippen LogP contribution < -0.4 is 5.32 Å². The maximum absolute atomic E-state index is 11.6. The summed E-state index contributed by atoms with van der Waals surface area (Å²) in [6.45, 7) is 4.35. The van der Waals surface area contributed by atoms with E-state index in [1.54, 1.807) is 0 Å². The van der Waals surface area contributed by atoms with Crippen LogP contribution in [-0.2, 0) is 20.9 Å². The van der Waals surface area contributed by atoms with Crippen molar-refractivity contribution in [2.45, 2.75) is 26.5 Å². The third-order valence-electron chi connectivity index (χ3n) is 2.54. The molecule has 0 aliphatic rings. The number of carboxylic acids is 1. The van der Waals surface area contributed by atoms with Gasteiger partial charge < -0.3 is 19.9 Å². The average molecular weight is 295 g/mol. The molecule has 0 radical (unpaired) electrons. The summed E-state index contributed by atoms with van der Waals surface area (Å²) in [5, 5.41) is 11.3. The van der Waals surface area contributed by atoms with E-state index in [4.69, 9.17) is 14.6 Å². The molecule has 1 amide bonds. The van der Waals surface area contributed by atoms with Crippen LogP contribution in [0.1, 0.15) is 19.4 Å². The standard InChI is InChI=1S/C15H21NO5/c1-11(2)8-20-10-13(14(17)18)16-15(19)21-9-12-6-4-3-5-7-12/h3-7,11,13H,8-10H2,1-2H3,(H,16,19)(H,17,18). The number of nitrogens with one attached hydrogen (secondary N) is 1. The van der Waals surface area contributed by atoms with E-state index in [1.807, 2.05) is 44.2 Å². The Bertz CT molecular complexity index is 447. The first kappa shape index (κ1) is 17.0. The summed E-state index contributed by atoms with van der Waals surface area (Å²) in [5.74, 6) is -0.861. The zero-order valence-electron chi connectivity index (χ0n) is 12.2. The second-order valence-electron chi connectivity index (χ2n) is 5.03. The van der Waals surface area contributed by atoms with Crippen molar-refractivity contribution in [3.63, 3.8) is 0 Å². The summed E-state index contributed by atoms with van der Waals surface area (Å²) >= 11 is 0. The zero-order valence-corrected chi connectivity index (χ0v) is 12.2. The predicted molar refractivity (Wildman–Crippen MR) is 76.8 cm³/mol. The van der Waals surface area contributed by atoms with E-state index in [0.29, 0.717) is 12.5 Å². The molecule has 0 heterocycles. The maximum atomic E-state index is 11.6. The van der Waals surface area contributed by atoms with Crippen LogP contribution in [0, 0.1) is 5.92 Å². The topological polar surface area (TPSA) is 84.9 Å². The molecule has 0 spiro atoms. The molecule has 0 fully saturated rings. The number of alkyl carbamates (subject to hydrolysis) is 1. The first-order valence-corrected chi connectivity index (χ1v) is 6.76. The number of carbonyl (C=O) groups excluding carboxylic acids is 1. The Labute approximate surface area is 124 Å². The van der Waals surface area contributed by atoms with E-state index in [1.165, 1.54) is 0 Å². The van der Waals surface area contributed by atoms with E-state index in [-0.39, 0.29) is 13.2 Å². The Balaban J connectivity index is 2.36. The van der Waals surface area contributed by atoms with E-state index in [2.05, 4.69) is 5.32 Å². The lowest BCUT2D eigenvalue weighted by atomic mass is 10.2. The number of carboxylic acid groups (broad SMARTS) is 1. The summed E-state index contributed by atoms with van der Waals surface area (Å²) in [6.07, 6.45) is -0.778. The van der Waals surface area contributed by atoms with Gasteiger partial charge in [0, 0.05) is 6.61 Å². The van der Waals surface area contributed by atoms with Gasteiger partial charge in [0.15, 0.2) is 6.04 Å². The fraction of sp³-hybridized carbons (Fsp3) is 0.467. The van der Waals surface area contributed by atoms with Gasteiger partial charge in [-0.15, -0.1) is 0 Å². The van der Waals surface area contributed by atoms with Crippen molar-refractivity contribution >= 4 is 12.1 Å². The van der Waals surface area contributed by atoms with Crippen molar-refractivity contribution in [3.05, 3.63) is 35.9 Å². The molecule has 0 aliphatic heterocycles. The first-order valence-electron chi connectivity index (χ1n) is 6.76. The highest BCUT2D eigenvalue weighted by Gasteiger charge is 2.21. The highest BCUT2D eigenvalue weighted by atomic mass is 16.5. The first-order chi connectivity index (χ1) is 9.99. The minimum atomic E-state index is -1.16. The average Bonchev–Trinajstić information content (AvgIpc) is 2.44. The van der Waals surface area contributed by atoms with Crippen LogP contribution >= 0.6 is 0 Å². The third kappa shape index (κ3) is 7.31. The van der Waals surface area contributed by atoms with Crippen LogP contribution in [0.3, 0.4) is 0 Å². The van der Waals surface area contributed by atoms with Crippen molar-refractivity contribution in [1.82, 2.24) is 5.32 Å². The van der Waals surface area contributed by atoms with Gasteiger partial charge in [-0.3, -0.25) is 0 Å². The van der Waals surface area contributed by atoms with Gasteiger partial charge in [0.25, 0.3) is 0 Å². The third-order valence-corrected chi connectivity index (χ3v) is 2.54. The Hall–Kier alpha value is -2.08. The fourth-order valence-electron chi connectivity index (χ4n) is 1.50. The Morgan fingerprint density at radius 1 is 1.19 bits per heavy atom. The molecule has 1 unspecified atom stereocenters. The lowest BCUT2D eigenvalue weighted by molar-refractivity contribution is -0.141. The number of rotatable bonds is 8. The molecule has 0 saturated heterocycles. The van der Waals surface area contributed by atoms with Crippen molar-refractivity contribution in [1.29, 1.82) is 0 Å². The summed E-state index contributed by atoms with van der Waals surface area (Å²) in [7, 11) is 0. The fourth-order valence-corrected chi connectivity index (χ4v) is 1.50. The van der Waals surface area contributed by atoms with Gasteiger partial charge in [-0.25, -0.2) is 9.59 Å². The summed E-state index contributed by atoms with van der Waals surface area (Å²) in [5.41, 5.74) is 0.829. The predicted octanol–water partition coefficient (Wildman–Crippen LogP) is 2.04. The van der Waals surface area contributed by atoms with E-state index in [0.717, 1.165) is 5.56 Å². The molecule has 1 aromatic rings. The highest BCUT2D eigenvalue weighted by molar-refractivity contribution is 5.79. The van der Waals surface area contributed by atoms with Gasteiger partial charge >= 0.3 is 12.1 Å². The van der Waals surface area contributed by atoms with Gasteiger partial charge in [0.05, 0.1) is 6.61 Å². The minimum absolute atomic E-state index is 0.0892. The second kappa shape index (κ2) is 8.97. The van der Waals surface area contributed by atoms with Crippen LogP contribution in [0.15, 0.2) is 30.3 Å². The smallest absolute Gasteiger partial charge is 0.408 e. The van der Waals surface area contributed by atoms with Crippen LogP contribution in [0.25, 0.3) is 0 Å². The Morgan fingerprint density at radius 2 is 1.86 bits per heavy atom. The molecule has 21 heavy (non-hydrogen) atoms.